The molecule has 0 aliphatic carbocycles. The maximum absolute atomic E-state index is 14.0. The van der Waals surface area contributed by atoms with Gasteiger partial charge in [0.2, 0.25) is 5.75 Å². The van der Waals surface area contributed by atoms with E-state index < -0.39 is 22.5 Å². The molecular formula is C32H27BrClN3O8S. The lowest BCUT2D eigenvalue weighted by Gasteiger charge is -2.23. The Morgan fingerprint density at radius 3 is 2.48 bits per heavy atom. The first-order valence-electron chi connectivity index (χ1n) is 14.0. The second-order valence-corrected chi connectivity index (χ2v) is 12.1. The highest BCUT2D eigenvalue weighted by molar-refractivity contribution is 9.10. The van der Waals surface area contributed by atoms with Gasteiger partial charge in [-0.3, -0.25) is 19.5 Å². The Morgan fingerprint density at radius 1 is 1.09 bits per heavy atom. The topological polar surface area (TPSA) is 131 Å². The maximum Gasteiger partial charge on any atom is 0.337 e. The van der Waals surface area contributed by atoms with Crippen molar-refractivity contribution in [1.82, 2.24) is 4.57 Å². The van der Waals surface area contributed by atoms with Crippen LogP contribution in [0.5, 0.6) is 17.2 Å². The summed E-state index contributed by atoms with van der Waals surface area (Å²) in [5.74, 6) is 0.378. The van der Waals surface area contributed by atoms with Crippen LogP contribution in [0.25, 0.3) is 6.08 Å². The quantitative estimate of drug-likeness (QED) is 0.109. The van der Waals surface area contributed by atoms with E-state index >= 15 is 0 Å². The minimum Gasteiger partial charge on any atom is -0.490 e. The second kappa shape index (κ2) is 14.3. The fourth-order valence-electron chi connectivity index (χ4n) is 4.84. The summed E-state index contributed by atoms with van der Waals surface area (Å²) in [5, 5.41) is 12.6. The van der Waals surface area contributed by atoms with Gasteiger partial charge in [0.15, 0.2) is 16.3 Å². The van der Waals surface area contributed by atoms with Crippen LogP contribution >= 0.6 is 38.9 Å². The van der Waals surface area contributed by atoms with E-state index in [9.17, 15) is 19.7 Å². The molecule has 0 amide bonds. The number of esters is 1. The molecule has 0 radical (unpaired) electrons. The molecule has 14 heteroatoms. The van der Waals surface area contributed by atoms with E-state index in [1.54, 1.807) is 48.5 Å². The van der Waals surface area contributed by atoms with Crippen LogP contribution < -0.4 is 29.1 Å². The minimum atomic E-state index is -0.884. The number of fused-ring (bicyclic) bond motifs is 1. The molecule has 46 heavy (non-hydrogen) atoms. The van der Waals surface area contributed by atoms with Gasteiger partial charge in [0.25, 0.3) is 5.56 Å². The highest BCUT2D eigenvalue weighted by Crippen LogP contribution is 2.38. The van der Waals surface area contributed by atoms with E-state index in [2.05, 4.69) is 20.9 Å². The summed E-state index contributed by atoms with van der Waals surface area (Å²) in [6.07, 6.45) is 2.92. The molecule has 0 N–H and O–H groups in total. The fraction of sp³-hybridized carbons (Fsp3) is 0.219. The van der Waals surface area contributed by atoms with Gasteiger partial charge in [-0.05, 0) is 82.9 Å². The van der Waals surface area contributed by atoms with Gasteiger partial charge in [-0.1, -0.05) is 41.1 Å². The van der Waals surface area contributed by atoms with Crippen LogP contribution in [-0.4, -0.2) is 35.8 Å². The highest BCUT2D eigenvalue weighted by atomic mass is 79.9. The third-order valence-electron chi connectivity index (χ3n) is 6.85. The van der Waals surface area contributed by atoms with Crippen LogP contribution in [0.3, 0.4) is 0 Å². The largest absolute Gasteiger partial charge is 0.490 e. The lowest BCUT2D eigenvalue weighted by molar-refractivity contribution is -0.386. The van der Waals surface area contributed by atoms with Gasteiger partial charge >= 0.3 is 11.7 Å². The van der Waals surface area contributed by atoms with Crippen LogP contribution in [-0.2, 0) is 16.1 Å². The second-order valence-electron chi connectivity index (χ2n) is 9.77. The van der Waals surface area contributed by atoms with Crippen LogP contribution in [0.4, 0.5) is 5.69 Å². The van der Waals surface area contributed by atoms with Gasteiger partial charge in [0, 0.05) is 17.3 Å². The molecule has 2 heterocycles. The van der Waals surface area contributed by atoms with E-state index in [0.29, 0.717) is 50.1 Å². The number of carbonyl (C=O) groups is 1. The van der Waals surface area contributed by atoms with Crippen molar-refractivity contribution in [3.63, 3.8) is 0 Å². The molecule has 1 atom stereocenters. The number of methoxy groups -OCH3 is 1. The fourth-order valence-corrected chi connectivity index (χ4v) is 6.51. The Balaban J connectivity index is 1.58. The third kappa shape index (κ3) is 6.86. The van der Waals surface area contributed by atoms with Crippen molar-refractivity contribution in [2.45, 2.75) is 26.5 Å². The van der Waals surface area contributed by atoms with Gasteiger partial charge in [0.05, 0.1) is 45.9 Å². The average Bonchev–Trinajstić information content (AvgIpc) is 3.35. The average molecular weight is 729 g/mol. The summed E-state index contributed by atoms with van der Waals surface area (Å²) < 4.78 is 24.3. The maximum atomic E-state index is 14.0. The van der Waals surface area contributed by atoms with Crippen molar-refractivity contribution < 1.29 is 28.7 Å². The lowest BCUT2D eigenvalue weighted by Crippen LogP contribution is -2.39. The third-order valence-corrected chi connectivity index (χ3v) is 8.68. The first-order valence-corrected chi connectivity index (χ1v) is 16.0. The summed E-state index contributed by atoms with van der Waals surface area (Å²) in [7, 11) is 1.25. The lowest BCUT2D eigenvalue weighted by atomic mass is 9.97. The molecule has 11 nitrogen and oxygen atoms in total. The number of nitro groups is 1. The van der Waals surface area contributed by atoms with Crippen molar-refractivity contribution in [3.05, 3.63) is 122 Å². The Kier molecular flexibility index (Phi) is 10.2. The number of ether oxygens (including phenoxy) is 4. The number of nitrogens with zero attached hydrogens (tertiary/aromatic N) is 3. The van der Waals surface area contributed by atoms with Crippen molar-refractivity contribution in [2.75, 3.05) is 20.3 Å². The molecule has 1 aliphatic rings. The number of hydrogen-bond acceptors (Lipinski definition) is 10. The predicted molar refractivity (Wildman–Crippen MR) is 177 cm³/mol. The van der Waals surface area contributed by atoms with Crippen LogP contribution in [0.1, 0.15) is 36.6 Å². The number of hydrogen-bond donors (Lipinski definition) is 0. The highest BCUT2D eigenvalue weighted by Gasteiger charge is 2.31. The number of benzene rings is 3. The van der Waals surface area contributed by atoms with Gasteiger partial charge in [0.1, 0.15) is 6.61 Å². The molecule has 0 fully saturated rings. The summed E-state index contributed by atoms with van der Waals surface area (Å²) >= 11 is 10.4. The van der Waals surface area contributed by atoms with E-state index in [1.807, 2.05) is 13.8 Å². The molecule has 0 spiro atoms. The number of nitro benzene ring substituents is 1. The molecule has 5 rings (SSSR count). The predicted octanol–water partition coefficient (Wildman–Crippen LogP) is 5.72. The Bertz CT molecular complexity index is 2020. The normalized spacial score (nSPS) is 14.2. The first-order chi connectivity index (χ1) is 22.1. The standard InChI is InChI=1S/C32H27BrClN3O8S/c1-4-43-25-11-8-20(15-26(25)44-5-2)28-22(31(39)42-3)16-35-32-36(28)30(38)27(46-32)14-19-12-23(33)29(24(13-19)37(40)41)45-17-18-6-9-21(34)10-7-18/h6-16,28H,4-5,17H2,1-3H3/b27-14+/t28-/m0/s1. The van der Waals surface area contributed by atoms with Crippen LogP contribution in [0.2, 0.25) is 5.02 Å². The molecule has 3 aromatic carbocycles. The number of rotatable bonds is 11. The SMILES string of the molecule is CCOc1ccc([C@H]2C(C(=O)OC)=CN=c3s/c(=C/c4cc(Br)c(OCc5ccc(Cl)cc5)c([N+](=O)[O-])c4)c(=O)n32)cc1OCC. The zero-order valence-corrected chi connectivity index (χ0v) is 28.0. The Labute approximate surface area is 280 Å². The molecule has 0 bridgehead atoms. The number of carbonyl (C=O) groups excluding carboxylic acids is 1. The smallest absolute Gasteiger partial charge is 0.337 e. The molecule has 238 valence electrons. The summed E-state index contributed by atoms with van der Waals surface area (Å²) in [5.41, 5.74) is 1.15. The molecular weight excluding hydrogens is 702 g/mol. The van der Waals surface area contributed by atoms with Gasteiger partial charge in [-0.25, -0.2) is 9.79 Å². The zero-order chi connectivity index (χ0) is 33.0. The number of halogens is 2. The monoisotopic (exact) mass is 727 g/mol. The summed E-state index contributed by atoms with van der Waals surface area (Å²) in [6, 6.07) is 14.2. The van der Waals surface area contributed by atoms with Crippen molar-refractivity contribution in [1.29, 1.82) is 0 Å². The van der Waals surface area contributed by atoms with Crippen LogP contribution in [0, 0.1) is 10.1 Å². The van der Waals surface area contributed by atoms with Crippen molar-refractivity contribution in [3.8, 4) is 17.2 Å². The number of thiazole rings is 1. The first kappa shape index (κ1) is 32.9. The molecule has 0 saturated carbocycles. The van der Waals surface area contributed by atoms with Crippen molar-refractivity contribution >= 4 is 56.6 Å². The number of aromatic nitrogens is 1. The van der Waals surface area contributed by atoms with Gasteiger partial charge in [-0.15, -0.1) is 0 Å². The molecule has 1 aliphatic heterocycles. The Hall–Kier alpha value is -4.46. The molecule has 0 unspecified atom stereocenters. The van der Waals surface area contributed by atoms with E-state index in [4.69, 9.17) is 30.5 Å². The summed E-state index contributed by atoms with van der Waals surface area (Å²) in [4.78, 5) is 43.0. The minimum absolute atomic E-state index is 0.0434. The molecule has 0 saturated heterocycles. The summed E-state index contributed by atoms with van der Waals surface area (Å²) in [6.45, 7) is 4.57. The molecule has 1 aromatic heterocycles. The van der Waals surface area contributed by atoms with E-state index in [-0.39, 0.29) is 28.1 Å². The van der Waals surface area contributed by atoms with E-state index in [0.717, 1.165) is 16.9 Å². The van der Waals surface area contributed by atoms with Crippen LogP contribution in [0.15, 0.2) is 80.6 Å². The Morgan fingerprint density at radius 2 is 1.80 bits per heavy atom. The molecule has 4 aromatic rings. The van der Waals surface area contributed by atoms with E-state index in [1.165, 1.54) is 30.0 Å². The van der Waals surface area contributed by atoms with Gasteiger partial charge < -0.3 is 18.9 Å². The van der Waals surface area contributed by atoms with Gasteiger partial charge in [-0.2, -0.15) is 0 Å². The van der Waals surface area contributed by atoms with Crippen molar-refractivity contribution in [2.24, 2.45) is 4.99 Å². The zero-order valence-electron chi connectivity index (χ0n) is 24.8.